The van der Waals surface area contributed by atoms with Crippen molar-refractivity contribution in [2.75, 3.05) is 26.8 Å². The third-order valence-electron chi connectivity index (χ3n) is 3.73. The van der Waals surface area contributed by atoms with Gasteiger partial charge in [0.2, 0.25) is 0 Å². The predicted molar refractivity (Wildman–Crippen MR) is 57.5 cm³/mol. The molecule has 3 atom stereocenters. The van der Waals surface area contributed by atoms with Crippen LogP contribution >= 0.6 is 0 Å². The van der Waals surface area contributed by atoms with Crippen molar-refractivity contribution in [3.05, 3.63) is 0 Å². The van der Waals surface area contributed by atoms with E-state index in [4.69, 9.17) is 4.74 Å². The summed E-state index contributed by atoms with van der Waals surface area (Å²) in [5.41, 5.74) is 0. The smallest absolute Gasteiger partial charge is 0.0637 e. The minimum Gasteiger partial charge on any atom is -0.380 e. The maximum absolute atomic E-state index is 5.59. The molecular weight excluding hydrogens is 176 g/mol. The van der Waals surface area contributed by atoms with Crippen molar-refractivity contribution < 1.29 is 4.74 Å². The van der Waals surface area contributed by atoms with Gasteiger partial charge in [-0.3, -0.25) is 4.90 Å². The zero-order chi connectivity index (χ0) is 9.97. The maximum Gasteiger partial charge on any atom is 0.0637 e. The molecule has 14 heavy (non-hydrogen) atoms. The average molecular weight is 198 g/mol. The van der Waals surface area contributed by atoms with Crippen LogP contribution in [0.15, 0.2) is 0 Å². The molecule has 0 amide bonds. The van der Waals surface area contributed by atoms with Crippen LogP contribution in [-0.4, -0.2) is 49.8 Å². The molecule has 2 aliphatic heterocycles. The topological polar surface area (TPSA) is 24.5 Å². The molecule has 3 heteroatoms. The molecule has 0 aromatic heterocycles. The van der Waals surface area contributed by atoms with Crippen LogP contribution in [0.3, 0.4) is 0 Å². The highest BCUT2D eigenvalue weighted by molar-refractivity contribution is 4.91. The van der Waals surface area contributed by atoms with Gasteiger partial charge in [-0.25, -0.2) is 0 Å². The number of hydrogen-bond donors (Lipinski definition) is 1. The average Bonchev–Trinajstić information content (AvgIpc) is 2.64. The van der Waals surface area contributed by atoms with E-state index in [1.165, 1.54) is 19.4 Å². The van der Waals surface area contributed by atoms with Gasteiger partial charge in [0.25, 0.3) is 0 Å². The Kier molecular flexibility index (Phi) is 3.42. The lowest BCUT2D eigenvalue weighted by Gasteiger charge is -2.39. The molecule has 0 bridgehead atoms. The molecule has 0 saturated carbocycles. The Labute approximate surface area is 86.8 Å². The van der Waals surface area contributed by atoms with Crippen molar-refractivity contribution in [2.24, 2.45) is 0 Å². The van der Waals surface area contributed by atoms with Gasteiger partial charge in [-0.05, 0) is 39.8 Å². The van der Waals surface area contributed by atoms with Crippen molar-refractivity contribution in [3.8, 4) is 0 Å². The van der Waals surface area contributed by atoms with E-state index in [0.717, 1.165) is 25.7 Å². The van der Waals surface area contributed by atoms with Crippen molar-refractivity contribution in [3.63, 3.8) is 0 Å². The van der Waals surface area contributed by atoms with Crippen molar-refractivity contribution >= 4 is 0 Å². The Morgan fingerprint density at radius 2 is 2.21 bits per heavy atom. The van der Waals surface area contributed by atoms with Gasteiger partial charge >= 0.3 is 0 Å². The lowest BCUT2D eigenvalue weighted by Crippen LogP contribution is -2.55. The fourth-order valence-electron chi connectivity index (χ4n) is 2.83. The second-order valence-electron chi connectivity index (χ2n) is 4.56. The van der Waals surface area contributed by atoms with Gasteiger partial charge < -0.3 is 10.1 Å². The second-order valence-corrected chi connectivity index (χ2v) is 4.56. The molecule has 2 saturated heterocycles. The number of rotatable bonds is 2. The molecule has 0 spiro atoms. The van der Waals surface area contributed by atoms with Crippen LogP contribution < -0.4 is 5.32 Å². The molecule has 2 aliphatic rings. The summed E-state index contributed by atoms with van der Waals surface area (Å²) >= 11 is 0. The van der Waals surface area contributed by atoms with Gasteiger partial charge in [-0.2, -0.15) is 0 Å². The van der Waals surface area contributed by atoms with Crippen LogP contribution in [-0.2, 0) is 4.74 Å². The fraction of sp³-hybridized carbons (Fsp3) is 1.00. The highest BCUT2D eigenvalue weighted by Crippen LogP contribution is 2.24. The van der Waals surface area contributed by atoms with Crippen LogP contribution in [0.4, 0.5) is 0 Å². The summed E-state index contributed by atoms with van der Waals surface area (Å²) in [7, 11) is 2.07. The first-order chi connectivity index (χ1) is 6.83. The summed E-state index contributed by atoms with van der Waals surface area (Å²) < 4.78 is 5.59. The SMILES string of the molecule is CNC1CCOCC1N1CCCC1C. The molecule has 2 fully saturated rings. The predicted octanol–water partition coefficient (Wildman–Crippen LogP) is 0.848. The molecule has 1 N–H and O–H groups in total. The Balaban J connectivity index is 1.99. The number of likely N-dealkylation sites (N-methyl/N-ethyl adjacent to an activating group) is 1. The summed E-state index contributed by atoms with van der Waals surface area (Å²) in [6, 6.07) is 1.98. The van der Waals surface area contributed by atoms with Crippen LogP contribution in [0.5, 0.6) is 0 Å². The van der Waals surface area contributed by atoms with Gasteiger partial charge in [0.15, 0.2) is 0 Å². The molecule has 2 rings (SSSR count). The molecule has 0 aromatic rings. The van der Waals surface area contributed by atoms with Crippen molar-refractivity contribution in [1.82, 2.24) is 10.2 Å². The summed E-state index contributed by atoms with van der Waals surface area (Å²) in [6.07, 6.45) is 3.87. The number of nitrogens with one attached hydrogen (secondary N) is 1. The molecule has 82 valence electrons. The quantitative estimate of drug-likeness (QED) is 0.712. The standard InChI is InChI=1S/C11H22N2O/c1-9-4-3-6-13(9)11-8-14-7-5-10(11)12-2/h9-12H,3-8H2,1-2H3. The lowest BCUT2D eigenvalue weighted by molar-refractivity contribution is -0.00397. The lowest BCUT2D eigenvalue weighted by atomic mass is 10.0. The first-order valence-corrected chi connectivity index (χ1v) is 5.83. The largest absolute Gasteiger partial charge is 0.380 e. The van der Waals surface area contributed by atoms with E-state index in [-0.39, 0.29) is 0 Å². The monoisotopic (exact) mass is 198 g/mol. The summed E-state index contributed by atoms with van der Waals surface area (Å²) in [5, 5.41) is 3.43. The van der Waals surface area contributed by atoms with Crippen molar-refractivity contribution in [2.45, 2.75) is 44.3 Å². The molecule has 3 nitrogen and oxygen atoms in total. The molecule has 0 aromatic carbocycles. The Hall–Kier alpha value is -0.120. The second kappa shape index (κ2) is 4.60. The van der Waals surface area contributed by atoms with E-state index in [9.17, 15) is 0 Å². The molecule has 3 unspecified atom stereocenters. The van der Waals surface area contributed by atoms with E-state index in [1.807, 2.05) is 0 Å². The van der Waals surface area contributed by atoms with Gasteiger partial charge in [0.1, 0.15) is 0 Å². The number of nitrogens with zero attached hydrogens (tertiary/aromatic N) is 1. The van der Waals surface area contributed by atoms with Crippen LogP contribution in [0.2, 0.25) is 0 Å². The van der Waals surface area contributed by atoms with Crippen LogP contribution in [0.1, 0.15) is 26.2 Å². The van der Waals surface area contributed by atoms with E-state index < -0.39 is 0 Å². The first kappa shape index (κ1) is 10.4. The third kappa shape index (κ3) is 1.95. The zero-order valence-electron chi connectivity index (χ0n) is 9.33. The van der Waals surface area contributed by atoms with Gasteiger partial charge in [0.05, 0.1) is 6.61 Å². The summed E-state index contributed by atoms with van der Waals surface area (Å²) in [6.45, 7) is 5.43. The minimum atomic E-state index is 0.603. The van der Waals surface area contributed by atoms with Crippen LogP contribution in [0.25, 0.3) is 0 Å². The van der Waals surface area contributed by atoms with E-state index in [2.05, 4.69) is 24.2 Å². The van der Waals surface area contributed by atoms with Crippen molar-refractivity contribution in [1.29, 1.82) is 0 Å². The Bertz CT molecular complexity index is 186. The third-order valence-corrected chi connectivity index (χ3v) is 3.73. The summed E-state index contributed by atoms with van der Waals surface area (Å²) in [5.74, 6) is 0. The van der Waals surface area contributed by atoms with E-state index in [0.29, 0.717) is 12.1 Å². The minimum absolute atomic E-state index is 0.603. The molecule has 0 radical (unpaired) electrons. The highest BCUT2D eigenvalue weighted by Gasteiger charge is 2.34. The normalized spacial score (nSPS) is 40.3. The fourth-order valence-corrected chi connectivity index (χ4v) is 2.83. The maximum atomic E-state index is 5.59. The highest BCUT2D eigenvalue weighted by atomic mass is 16.5. The molecular formula is C11H22N2O. The van der Waals surface area contributed by atoms with Gasteiger partial charge in [-0.15, -0.1) is 0 Å². The first-order valence-electron chi connectivity index (χ1n) is 5.83. The van der Waals surface area contributed by atoms with Gasteiger partial charge in [-0.1, -0.05) is 0 Å². The van der Waals surface area contributed by atoms with E-state index >= 15 is 0 Å². The number of hydrogen-bond acceptors (Lipinski definition) is 3. The molecule has 2 heterocycles. The zero-order valence-corrected chi connectivity index (χ0v) is 9.33. The van der Waals surface area contributed by atoms with Crippen LogP contribution in [0, 0.1) is 0 Å². The molecule has 0 aliphatic carbocycles. The Morgan fingerprint density at radius 1 is 1.36 bits per heavy atom. The number of likely N-dealkylation sites (tertiary alicyclic amines) is 1. The summed E-state index contributed by atoms with van der Waals surface area (Å²) in [4.78, 5) is 2.63. The van der Waals surface area contributed by atoms with E-state index in [1.54, 1.807) is 0 Å². The number of ether oxygens (including phenoxy) is 1. The van der Waals surface area contributed by atoms with Gasteiger partial charge in [0, 0.05) is 24.7 Å². The Morgan fingerprint density at radius 3 is 2.86 bits per heavy atom.